The van der Waals surface area contributed by atoms with E-state index in [-0.39, 0.29) is 17.4 Å². The second-order valence-electron chi connectivity index (χ2n) is 6.53. The van der Waals surface area contributed by atoms with Crippen LogP contribution in [0, 0.1) is 5.41 Å². The van der Waals surface area contributed by atoms with Crippen molar-refractivity contribution in [3.05, 3.63) is 0 Å². The largest absolute Gasteiger partial charge is 0.388 e. The molecule has 0 aliphatic carbocycles. The zero-order valence-electron chi connectivity index (χ0n) is 12.0. The number of hydrogen-bond donors (Lipinski definition) is 3. The lowest BCUT2D eigenvalue weighted by atomic mass is 9.77. The minimum atomic E-state index is -0.799. The van der Waals surface area contributed by atoms with E-state index in [1.165, 1.54) is 0 Å². The Hall–Kier alpha value is -0.650. The Labute approximate surface area is 115 Å². The molecule has 5 heteroatoms. The van der Waals surface area contributed by atoms with E-state index in [1.54, 1.807) is 0 Å². The summed E-state index contributed by atoms with van der Waals surface area (Å²) >= 11 is 0. The van der Waals surface area contributed by atoms with Crippen LogP contribution in [-0.2, 0) is 9.53 Å². The molecule has 2 aliphatic rings. The Morgan fingerprint density at radius 1 is 1.37 bits per heavy atom. The van der Waals surface area contributed by atoms with Crippen LogP contribution in [0.1, 0.15) is 39.5 Å². The fourth-order valence-corrected chi connectivity index (χ4v) is 2.94. The van der Waals surface area contributed by atoms with Crippen LogP contribution in [0.3, 0.4) is 0 Å². The van der Waals surface area contributed by atoms with Gasteiger partial charge in [0.05, 0.1) is 11.6 Å². The van der Waals surface area contributed by atoms with Crippen molar-refractivity contribution in [3.63, 3.8) is 0 Å². The molecule has 0 radical (unpaired) electrons. The van der Waals surface area contributed by atoms with E-state index < -0.39 is 5.60 Å². The molecule has 2 saturated heterocycles. The van der Waals surface area contributed by atoms with Crippen molar-refractivity contribution in [1.29, 1.82) is 0 Å². The standard InChI is InChI=1S/C14H26N2O3/c1-13(2)4-3-7-15-11(13)12(17)16-10-14(18)5-8-19-9-6-14/h11,15,18H,3-10H2,1-2H3,(H,16,17). The Bertz CT molecular complexity index is 325. The number of carbonyl (C=O) groups excluding carboxylic acids is 1. The van der Waals surface area contributed by atoms with Gasteiger partial charge < -0.3 is 20.5 Å². The van der Waals surface area contributed by atoms with E-state index in [4.69, 9.17) is 4.74 Å². The number of hydrogen-bond acceptors (Lipinski definition) is 4. The highest BCUT2D eigenvalue weighted by molar-refractivity contribution is 5.82. The molecule has 0 aromatic heterocycles. The molecule has 2 heterocycles. The van der Waals surface area contributed by atoms with Crippen LogP contribution in [0.15, 0.2) is 0 Å². The molecular formula is C14H26N2O3. The van der Waals surface area contributed by atoms with Gasteiger partial charge in [0.1, 0.15) is 0 Å². The summed E-state index contributed by atoms with van der Waals surface area (Å²) in [7, 11) is 0. The number of amides is 1. The van der Waals surface area contributed by atoms with Crippen molar-refractivity contribution in [2.24, 2.45) is 5.41 Å². The number of nitrogens with one attached hydrogen (secondary N) is 2. The number of piperidine rings is 1. The van der Waals surface area contributed by atoms with Crippen molar-refractivity contribution in [1.82, 2.24) is 10.6 Å². The molecule has 2 rings (SSSR count). The first-order valence-corrected chi connectivity index (χ1v) is 7.24. The zero-order chi connectivity index (χ0) is 13.9. The molecule has 1 unspecified atom stereocenters. The lowest BCUT2D eigenvalue weighted by Gasteiger charge is -2.39. The van der Waals surface area contributed by atoms with Crippen LogP contribution in [0.25, 0.3) is 0 Å². The van der Waals surface area contributed by atoms with E-state index in [0.717, 1.165) is 19.4 Å². The Balaban J connectivity index is 1.86. The predicted octanol–water partition coefficient (Wildman–Crippen LogP) is 0.422. The van der Waals surface area contributed by atoms with Gasteiger partial charge in [0.15, 0.2) is 0 Å². The number of carbonyl (C=O) groups is 1. The summed E-state index contributed by atoms with van der Waals surface area (Å²) in [5, 5.41) is 16.5. The minimum Gasteiger partial charge on any atom is -0.388 e. The van der Waals surface area contributed by atoms with Gasteiger partial charge >= 0.3 is 0 Å². The second kappa shape index (κ2) is 5.77. The molecular weight excluding hydrogens is 244 g/mol. The van der Waals surface area contributed by atoms with Crippen LogP contribution in [0.5, 0.6) is 0 Å². The van der Waals surface area contributed by atoms with Gasteiger partial charge in [-0.1, -0.05) is 13.8 Å². The maximum atomic E-state index is 12.3. The van der Waals surface area contributed by atoms with E-state index in [2.05, 4.69) is 24.5 Å². The quantitative estimate of drug-likeness (QED) is 0.695. The number of ether oxygens (including phenoxy) is 1. The average molecular weight is 270 g/mol. The maximum Gasteiger partial charge on any atom is 0.237 e. The van der Waals surface area contributed by atoms with Crippen molar-refractivity contribution in [2.75, 3.05) is 26.3 Å². The smallest absolute Gasteiger partial charge is 0.237 e. The van der Waals surface area contributed by atoms with Crippen LogP contribution in [0.4, 0.5) is 0 Å². The van der Waals surface area contributed by atoms with Crippen LogP contribution in [-0.4, -0.2) is 49.0 Å². The SMILES string of the molecule is CC1(C)CCCNC1C(=O)NCC1(O)CCOCC1. The summed E-state index contributed by atoms with van der Waals surface area (Å²) < 4.78 is 5.24. The molecule has 0 bridgehead atoms. The zero-order valence-corrected chi connectivity index (χ0v) is 12.0. The molecule has 0 saturated carbocycles. The first-order chi connectivity index (χ1) is 8.93. The topological polar surface area (TPSA) is 70.6 Å². The molecule has 2 fully saturated rings. The molecule has 0 aromatic rings. The van der Waals surface area contributed by atoms with Gasteiger partial charge in [-0.25, -0.2) is 0 Å². The summed E-state index contributed by atoms with van der Waals surface area (Å²) in [5.41, 5.74) is -0.826. The van der Waals surface area contributed by atoms with Gasteiger partial charge in [0.2, 0.25) is 5.91 Å². The van der Waals surface area contributed by atoms with Crippen LogP contribution < -0.4 is 10.6 Å². The van der Waals surface area contributed by atoms with Crippen LogP contribution >= 0.6 is 0 Å². The molecule has 0 aromatic carbocycles. The van der Waals surface area contributed by atoms with Crippen molar-refractivity contribution >= 4 is 5.91 Å². The number of rotatable bonds is 3. The van der Waals surface area contributed by atoms with Gasteiger partial charge in [-0.05, 0) is 24.8 Å². The van der Waals surface area contributed by atoms with Gasteiger partial charge in [-0.3, -0.25) is 4.79 Å². The van der Waals surface area contributed by atoms with E-state index in [0.29, 0.717) is 32.6 Å². The summed E-state index contributed by atoms with van der Waals surface area (Å²) in [6.07, 6.45) is 3.35. The molecule has 0 spiro atoms. The molecule has 110 valence electrons. The van der Waals surface area contributed by atoms with E-state index in [9.17, 15) is 9.90 Å². The Morgan fingerprint density at radius 3 is 2.68 bits per heavy atom. The number of aliphatic hydroxyl groups is 1. The van der Waals surface area contributed by atoms with Gasteiger partial charge in [-0.15, -0.1) is 0 Å². The normalized spacial score (nSPS) is 29.7. The second-order valence-corrected chi connectivity index (χ2v) is 6.53. The van der Waals surface area contributed by atoms with Crippen molar-refractivity contribution in [3.8, 4) is 0 Å². The third-order valence-electron chi connectivity index (χ3n) is 4.41. The molecule has 3 N–H and O–H groups in total. The summed E-state index contributed by atoms with van der Waals surface area (Å²) in [6, 6.07) is -0.162. The third-order valence-corrected chi connectivity index (χ3v) is 4.41. The average Bonchev–Trinajstić information content (AvgIpc) is 2.36. The Kier molecular flexibility index (Phi) is 4.48. The molecule has 5 nitrogen and oxygen atoms in total. The lowest BCUT2D eigenvalue weighted by molar-refractivity contribution is -0.129. The first-order valence-electron chi connectivity index (χ1n) is 7.24. The third kappa shape index (κ3) is 3.68. The molecule has 2 aliphatic heterocycles. The molecule has 1 amide bonds. The Morgan fingerprint density at radius 2 is 2.05 bits per heavy atom. The fourth-order valence-electron chi connectivity index (χ4n) is 2.94. The van der Waals surface area contributed by atoms with Crippen molar-refractivity contribution < 1.29 is 14.6 Å². The summed E-state index contributed by atoms with van der Waals surface area (Å²) in [6.45, 7) is 6.58. The highest BCUT2D eigenvalue weighted by Crippen LogP contribution is 2.30. The fraction of sp³-hybridized carbons (Fsp3) is 0.929. The van der Waals surface area contributed by atoms with E-state index >= 15 is 0 Å². The summed E-state index contributed by atoms with van der Waals surface area (Å²) in [4.78, 5) is 12.3. The highest BCUT2D eigenvalue weighted by atomic mass is 16.5. The maximum absolute atomic E-state index is 12.3. The molecule has 1 atom stereocenters. The minimum absolute atomic E-state index is 0.00427. The predicted molar refractivity (Wildman–Crippen MR) is 72.8 cm³/mol. The molecule has 19 heavy (non-hydrogen) atoms. The van der Waals surface area contributed by atoms with E-state index in [1.807, 2.05) is 0 Å². The van der Waals surface area contributed by atoms with Crippen LogP contribution in [0.2, 0.25) is 0 Å². The lowest BCUT2D eigenvalue weighted by Crippen LogP contribution is -2.58. The highest BCUT2D eigenvalue weighted by Gasteiger charge is 2.38. The van der Waals surface area contributed by atoms with Crippen molar-refractivity contribution in [2.45, 2.75) is 51.2 Å². The first kappa shape index (κ1) is 14.8. The summed E-state index contributed by atoms with van der Waals surface area (Å²) in [5.74, 6) is 0.00427. The van der Waals surface area contributed by atoms with Gasteiger partial charge in [0, 0.05) is 32.6 Å². The van der Waals surface area contributed by atoms with Gasteiger partial charge in [-0.2, -0.15) is 0 Å². The monoisotopic (exact) mass is 270 g/mol. The van der Waals surface area contributed by atoms with Gasteiger partial charge in [0.25, 0.3) is 0 Å².